The Morgan fingerprint density at radius 1 is 1.33 bits per heavy atom. The Balaban J connectivity index is 1.74. The van der Waals surface area contributed by atoms with Crippen LogP contribution < -0.4 is 5.32 Å². The van der Waals surface area contributed by atoms with Gasteiger partial charge in [-0.25, -0.2) is 0 Å². The smallest absolute Gasteiger partial charge is 0.238 e. The number of thioether (sulfide) groups is 1. The SMILES string of the molecule is CCCCCn1cnnc1S[C@H](C(=O)NC1CC1)c1ccccc1. The molecule has 0 radical (unpaired) electrons. The van der Waals surface area contributed by atoms with Gasteiger partial charge < -0.3 is 9.88 Å². The first-order valence-electron chi connectivity index (χ1n) is 8.67. The molecule has 1 aromatic heterocycles. The standard InChI is InChI=1S/C18H24N4OS/c1-2-3-7-12-22-13-19-21-18(22)24-16(14-8-5-4-6-9-14)17(23)20-15-10-11-15/h4-6,8-9,13,15-16H,2-3,7,10-12H2,1H3,(H,20,23)/t16-/m0/s1. The first-order valence-corrected chi connectivity index (χ1v) is 9.55. The zero-order valence-corrected chi connectivity index (χ0v) is 14.8. The number of nitrogens with one attached hydrogen (secondary N) is 1. The van der Waals surface area contributed by atoms with Crippen LogP contribution in [0.2, 0.25) is 0 Å². The van der Waals surface area contributed by atoms with Crippen LogP contribution in [0.1, 0.15) is 49.8 Å². The van der Waals surface area contributed by atoms with Gasteiger partial charge >= 0.3 is 0 Å². The molecule has 1 saturated carbocycles. The largest absolute Gasteiger partial charge is 0.352 e. The summed E-state index contributed by atoms with van der Waals surface area (Å²) in [6.45, 7) is 3.09. The van der Waals surface area contributed by atoms with Gasteiger partial charge in [-0.15, -0.1) is 10.2 Å². The Hall–Kier alpha value is -1.82. The molecule has 1 amide bonds. The van der Waals surface area contributed by atoms with Crippen LogP contribution in [0.4, 0.5) is 0 Å². The van der Waals surface area contributed by atoms with E-state index >= 15 is 0 Å². The lowest BCUT2D eigenvalue weighted by Gasteiger charge is -2.16. The zero-order valence-electron chi connectivity index (χ0n) is 14.0. The van der Waals surface area contributed by atoms with Crippen LogP contribution in [-0.4, -0.2) is 26.7 Å². The summed E-state index contributed by atoms with van der Waals surface area (Å²) in [5, 5.41) is 11.9. The summed E-state index contributed by atoms with van der Waals surface area (Å²) in [6.07, 6.45) is 7.41. The van der Waals surface area contributed by atoms with Crippen LogP contribution >= 0.6 is 11.8 Å². The summed E-state index contributed by atoms with van der Waals surface area (Å²) >= 11 is 1.49. The van der Waals surface area contributed by atoms with Gasteiger partial charge in [-0.3, -0.25) is 4.79 Å². The minimum Gasteiger partial charge on any atom is -0.352 e. The molecule has 0 bridgehead atoms. The third-order valence-corrected chi connectivity index (χ3v) is 5.32. The zero-order chi connectivity index (χ0) is 16.8. The number of rotatable bonds is 9. The minimum absolute atomic E-state index is 0.0665. The molecule has 1 heterocycles. The highest BCUT2D eigenvalue weighted by atomic mass is 32.2. The van der Waals surface area contributed by atoms with Crippen molar-refractivity contribution in [2.45, 2.75) is 62.0 Å². The molecule has 1 atom stereocenters. The molecule has 1 aliphatic carbocycles. The second kappa shape index (κ2) is 8.33. The number of hydrogen-bond acceptors (Lipinski definition) is 4. The van der Waals surface area contributed by atoms with Gasteiger partial charge in [0.1, 0.15) is 11.6 Å². The van der Waals surface area contributed by atoms with Crippen molar-refractivity contribution in [1.82, 2.24) is 20.1 Å². The highest BCUT2D eigenvalue weighted by Crippen LogP contribution is 2.35. The van der Waals surface area contributed by atoms with E-state index < -0.39 is 0 Å². The highest BCUT2D eigenvalue weighted by molar-refractivity contribution is 8.00. The van der Waals surface area contributed by atoms with Crippen molar-refractivity contribution < 1.29 is 4.79 Å². The van der Waals surface area contributed by atoms with Crippen molar-refractivity contribution >= 4 is 17.7 Å². The molecule has 0 aliphatic heterocycles. The fraction of sp³-hybridized carbons (Fsp3) is 0.500. The molecule has 1 aromatic carbocycles. The fourth-order valence-electron chi connectivity index (χ4n) is 2.53. The normalized spacial score (nSPS) is 15.2. The number of hydrogen-bond donors (Lipinski definition) is 1. The van der Waals surface area contributed by atoms with Crippen molar-refractivity contribution in [3.8, 4) is 0 Å². The van der Waals surface area contributed by atoms with Gasteiger partial charge in [-0.05, 0) is 24.8 Å². The van der Waals surface area contributed by atoms with E-state index in [0.717, 1.165) is 36.5 Å². The Labute approximate surface area is 147 Å². The summed E-state index contributed by atoms with van der Waals surface area (Å²) in [4.78, 5) is 12.7. The van der Waals surface area contributed by atoms with Crippen LogP contribution in [0, 0.1) is 0 Å². The summed E-state index contributed by atoms with van der Waals surface area (Å²) in [5.41, 5.74) is 1.00. The van der Waals surface area contributed by atoms with Crippen molar-refractivity contribution in [1.29, 1.82) is 0 Å². The summed E-state index contributed by atoms with van der Waals surface area (Å²) < 4.78 is 2.06. The van der Waals surface area contributed by atoms with Gasteiger partial charge in [-0.1, -0.05) is 61.9 Å². The molecule has 6 heteroatoms. The molecule has 2 aromatic rings. The van der Waals surface area contributed by atoms with E-state index in [-0.39, 0.29) is 11.2 Å². The lowest BCUT2D eigenvalue weighted by Crippen LogP contribution is -2.29. The molecule has 3 rings (SSSR count). The van der Waals surface area contributed by atoms with E-state index in [1.807, 2.05) is 30.3 Å². The monoisotopic (exact) mass is 344 g/mol. The van der Waals surface area contributed by atoms with E-state index in [0.29, 0.717) is 6.04 Å². The van der Waals surface area contributed by atoms with E-state index in [1.54, 1.807) is 6.33 Å². The van der Waals surface area contributed by atoms with Crippen molar-refractivity contribution in [3.05, 3.63) is 42.2 Å². The molecular weight excluding hydrogens is 320 g/mol. The molecule has 0 saturated heterocycles. The Morgan fingerprint density at radius 3 is 2.83 bits per heavy atom. The second-order valence-electron chi connectivity index (χ2n) is 6.21. The number of carbonyl (C=O) groups excluding carboxylic acids is 1. The Morgan fingerprint density at radius 2 is 2.12 bits per heavy atom. The maximum Gasteiger partial charge on any atom is 0.238 e. The molecule has 1 aliphatic rings. The average molecular weight is 344 g/mol. The Bertz CT molecular complexity index is 654. The first kappa shape index (κ1) is 17.0. The van der Waals surface area contributed by atoms with Gasteiger partial charge in [0.2, 0.25) is 5.91 Å². The predicted octanol–water partition coefficient (Wildman–Crippen LogP) is 3.58. The number of carbonyl (C=O) groups is 1. The average Bonchev–Trinajstić information content (AvgIpc) is 3.30. The molecule has 1 N–H and O–H groups in total. The molecule has 5 nitrogen and oxygen atoms in total. The van der Waals surface area contributed by atoms with Gasteiger partial charge in [-0.2, -0.15) is 0 Å². The molecule has 0 unspecified atom stereocenters. The third-order valence-electron chi connectivity index (χ3n) is 4.07. The number of aromatic nitrogens is 3. The van der Waals surface area contributed by atoms with Gasteiger partial charge in [0.15, 0.2) is 5.16 Å². The molecule has 128 valence electrons. The van der Waals surface area contributed by atoms with E-state index in [4.69, 9.17) is 0 Å². The van der Waals surface area contributed by atoms with E-state index in [2.05, 4.69) is 27.0 Å². The molecular formula is C18H24N4OS. The first-order chi connectivity index (χ1) is 11.8. The van der Waals surface area contributed by atoms with Crippen LogP contribution in [0.5, 0.6) is 0 Å². The van der Waals surface area contributed by atoms with Crippen LogP contribution in [-0.2, 0) is 11.3 Å². The highest BCUT2D eigenvalue weighted by Gasteiger charge is 2.30. The van der Waals surface area contributed by atoms with E-state index in [9.17, 15) is 4.79 Å². The van der Waals surface area contributed by atoms with Crippen LogP contribution in [0.25, 0.3) is 0 Å². The number of nitrogens with zero attached hydrogens (tertiary/aromatic N) is 3. The molecule has 0 spiro atoms. The van der Waals surface area contributed by atoms with E-state index in [1.165, 1.54) is 24.6 Å². The second-order valence-corrected chi connectivity index (χ2v) is 7.28. The summed E-state index contributed by atoms with van der Waals surface area (Å²) in [6, 6.07) is 10.3. The Kier molecular flexibility index (Phi) is 5.91. The summed E-state index contributed by atoms with van der Waals surface area (Å²) in [7, 11) is 0. The van der Waals surface area contributed by atoms with Gasteiger partial charge in [0.25, 0.3) is 0 Å². The molecule has 1 fully saturated rings. The van der Waals surface area contributed by atoms with Crippen molar-refractivity contribution in [2.75, 3.05) is 0 Å². The lowest BCUT2D eigenvalue weighted by atomic mass is 10.1. The molecule has 24 heavy (non-hydrogen) atoms. The number of aryl methyl sites for hydroxylation is 1. The minimum atomic E-state index is -0.291. The van der Waals surface area contributed by atoms with Crippen molar-refractivity contribution in [3.63, 3.8) is 0 Å². The quantitative estimate of drug-likeness (QED) is 0.558. The number of benzene rings is 1. The van der Waals surface area contributed by atoms with Crippen LogP contribution in [0.15, 0.2) is 41.8 Å². The maximum absolute atomic E-state index is 12.7. The third kappa shape index (κ3) is 4.60. The van der Waals surface area contributed by atoms with Gasteiger partial charge in [0.05, 0.1) is 0 Å². The lowest BCUT2D eigenvalue weighted by molar-refractivity contribution is -0.120. The number of amides is 1. The topological polar surface area (TPSA) is 59.8 Å². The van der Waals surface area contributed by atoms with Crippen LogP contribution in [0.3, 0.4) is 0 Å². The predicted molar refractivity (Wildman–Crippen MR) is 95.8 cm³/mol. The summed E-state index contributed by atoms with van der Waals surface area (Å²) in [5.74, 6) is 0.0665. The van der Waals surface area contributed by atoms with Gasteiger partial charge in [0, 0.05) is 12.6 Å². The fourth-order valence-corrected chi connectivity index (χ4v) is 3.58. The number of unbranched alkanes of at least 4 members (excludes halogenated alkanes) is 2. The van der Waals surface area contributed by atoms with Crippen molar-refractivity contribution in [2.24, 2.45) is 0 Å². The maximum atomic E-state index is 12.7.